The second-order valence-corrected chi connectivity index (χ2v) is 5.16. The molecule has 0 amide bonds. The largest absolute Gasteiger partial charge is 0.446 e. The number of oxazole rings is 1. The number of rotatable bonds is 5. The Morgan fingerprint density at radius 3 is 3.33 bits per heavy atom. The van der Waals surface area contributed by atoms with Crippen molar-refractivity contribution in [1.29, 1.82) is 0 Å². The molecule has 2 rings (SSSR count). The fourth-order valence-electron chi connectivity index (χ4n) is 1.80. The molecule has 0 radical (unpaired) electrons. The van der Waals surface area contributed by atoms with Gasteiger partial charge in [-0.25, -0.2) is 4.98 Å². The number of aromatic nitrogens is 1. The molecule has 2 heterocycles. The zero-order chi connectivity index (χ0) is 10.5. The SMILES string of the molecule is CNCCc1cnc(CC2CCSC2)o1. The first-order valence-electron chi connectivity index (χ1n) is 5.54. The highest BCUT2D eigenvalue weighted by Gasteiger charge is 2.18. The maximum atomic E-state index is 5.69. The zero-order valence-corrected chi connectivity index (χ0v) is 9.98. The molecule has 1 fully saturated rings. The molecule has 1 unspecified atom stereocenters. The monoisotopic (exact) mass is 226 g/mol. The lowest BCUT2D eigenvalue weighted by molar-refractivity contribution is 0.419. The summed E-state index contributed by atoms with van der Waals surface area (Å²) in [5, 5.41) is 3.11. The van der Waals surface area contributed by atoms with Gasteiger partial charge in [-0.05, 0) is 30.9 Å². The predicted octanol–water partition coefficient (Wildman–Crippen LogP) is 1.73. The Morgan fingerprint density at radius 2 is 2.60 bits per heavy atom. The molecular weight excluding hydrogens is 208 g/mol. The first-order chi connectivity index (χ1) is 7.38. The maximum absolute atomic E-state index is 5.69. The topological polar surface area (TPSA) is 38.1 Å². The van der Waals surface area contributed by atoms with Crippen LogP contribution in [0.2, 0.25) is 0 Å². The first-order valence-corrected chi connectivity index (χ1v) is 6.70. The Labute approximate surface area is 95.0 Å². The molecule has 3 nitrogen and oxygen atoms in total. The Hall–Kier alpha value is -0.480. The van der Waals surface area contributed by atoms with Gasteiger partial charge in [0.15, 0.2) is 5.89 Å². The molecule has 0 aromatic carbocycles. The molecule has 84 valence electrons. The van der Waals surface area contributed by atoms with Crippen LogP contribution >= 0.6 is 11.8 Å². The van der Waals surface area contributed by atoms with Crippen molar-refractivity contribution in [2.45, 2.75) is 19.3 Å². The van der Waals surface area contributed by atoms with Crippen LogP contribution in [0.3, 0.4) is 0 Å². The molecule has 1 saturated heterocycles. The third-order valence-corrected chi connectivity index (χ3v) is 3.94. The van der Waals surface area contributed by atoms with Gasteiger partial charge >= 0.3 is 0 Å². The second-order valence-electron chi connectivity index (χ2n) is 4.01. The lowest BCUT2D eigenvalue weighted by atomic mass is 10.1. The van der Waals surface area contributed by atoms with Crippen molar-refractivity contribution in [2.24, 2.45) is 5.92 Å². The van der Waals surface area contributed by atoms with Crippen LogP contribution in [0.5, 0.6) is 0 Å². The summed E-state index contributed by atoms with van der Waals surface area (Å²) < 4.78 is 5.69. The summed E-state index contributed by atoms with van der Waals surface area (Å²) in [7, 11) is 1.95. The van der Waals surface area contributed by atoms with Crippen molar-refractivity contribution in [2.75, 3.05) is 25.1 Å². The average molecular weight is 226 g/mol. The number of nitrogens with zero attached hydrogens (tertiary/aromatic N) is 1. The number of nitrogens with one attached hydrogen (secondary N) is 1. The summed E-state index contributed by atoms with van der Waals surface area (Å²) in [6, 6.07) is 0. The highest BCUT2D eigenvalue weighted by atomic mass is 32.2. The summed E-state index contributed by atoms with van der Waals surface area (Å²) in [6.45, 7) is 0.952. The van der Waals surface area contributed by atoms with E-state index in [1.807, 2.05) is 25.0 Å². The van der Waals surface area contributed by atoms with E-state index in [0.717, 1.165) is 37.0 Å². The summed E-state index contributed by atoms with van der Waals surface area (Å²) >= 11 is 2.04. The van der Waals surface area contributed by atoms with E-state index in [0.29, 0.717) is 0 Å². The van der Waals surface area contributed by atoms with E-state index in [-0.39, 0.29) is 0 Å². The van der Waals surface area contributed by atoms with E-state index < -0.39 is 0 Å². The van der Waals surface area contributed by atoms with E-state index in [2.05, 4.69) is 10.3 Å². The summed E-state index contributed by atoms with van der Waals surface area (Å²) in [4.78, 5) is 4.33. The molecule has 0 spiro atoms. The Kier molecular flexibility index (Phi) is 4.09. The molecule has 0 bridgehead atoms. The van der Waals surface area contributed by atoms with Gasteiger partial charge in [0.2, 0.25) is 0 Å². The van der Waals surface area contributed by atoms with Crippen LogP contribution in [0.4, 0.5) is 0 Å². The van der Waals surface area contributed by atoms with Crippen LogP contribution in [0.25, 0.3) is 0 Å². The predicted molar refractivity (Wildman–Crippen MR) is 63.3 cm³/mol. The van der Waals surface area contributed by atoms with Gasteiger partial charge in [-0.3, -0.25) is 0 Å². The summed E-state index contributed by atoms with van der Waals surface area (Å²) in [5.41, 5.74) is 0. The Balaban J connectivity index is 1.83. The molecule has 0 aliphatic carbocycles. The smallest absolute Gasteiger partial charge is 0.194 e. The van der Waals surface area contributed by atoms with Crippen molar-refractivity contribution in [3.63, 3.8) is 0 Å². The lowest BCUT2D eigenvalue weighted by Crippen LogP contribution is -2.09. The van der Waals surface area contributed by atoms with Gasteiger partial charge in [0.05, 0.1) is 6.20 Å². The minimum atomic E-state index is 0.783. The van der Waals surface area contributed by atoms with E-state index >= 15 is 0 Å². The fourth-order valence-corrected chi connectivity index (χ4v) is 3.08. The second kappa shape index (κ2) is 5.56. The number of thioether (sulfide) groups is 1. The van der Waals surface area contributed by atoms with Crippen LogP contribution in [0.15, 0.2) is 10.6 Å². The molecule has 1 aromatic heterocycles. The third-order valence-electron chi connectivity index (χ3n) is 2.71. The van der Waals surface area contributed by atoms with Gasteiger partial charge in [0, 0.05) is 19.4 Å². The van der Waals surface area contributed by atoms with Crippen molar-refractivity contribution >= 4 is 11.8 Å². The van der Waals surface area contributed by atoms with Gasteiger partial charge < -0.3 is 9.73 Å². The van der Waals surface area contributed by atoms with E-state index in [1.165, 1.54) is 17.9 Å². The van der Waals surface area contributed by atoms with Crippen molar-refractivity contribution in [3.05, 3.63) is 17.8 Å². The van der Waals surface area contributed by atoms with E-state index in [9.17, 15) is 0 Å². The minimum absolute atomic E-state index is 0.783. The Bertz CT molecular complexity index is 295. The maximum Gasteiger partial charge on any atom is 0.194 e. The summed E-state index contributed by atoms with van der Waals surface area (Å²) in [6.07, 6.45) is 5.14. The van der Waals surface area contributed by atoms with Gasteiger partial charge in [0.25, 0.3) is 0 Å². The normalized spacial score (nSPS) is 21.0. The van der Waals surface area contributed by atoms with Crippen molar-refractivity contribution in [1.82, 2.24) is 10.3 Å². The van der Waals surface area contributed by atoms with Crippen LogP contribution in [-0.4, -0.2) is 30.1 Å². The lowest BCUT2D eigenvalue weighted by Gasteiger charge is -2.03. The minimum Gasteiger partial charge on any atom is -0.446 e. The van der Waals surface area contributed by atoms with Gasteiger partial charge in [-0.2, -0.15) is 11.8 Å². The van der Waals surface area contributed by atoms with E-state index in [1.54, 1.807) is 0 Å². The third kappa shape index (κ3) is 3.24. The molecular formula is C11H18N2OS. The first kappa shape index (κ1) is 11.0. The van der Waals surface area contributed by atoms with Gasteiger partial charge in [0.1, 0.15) is 5.76 Å². The molecule has 1 aliphatic heterocycles. The average Bonchev–Trinajstić information content (AvgIpc) is 2.87. The zero-order valence-electron chi connectivity index (χ0n) is 9.16. The van der Waals surface area contributed by atoms with E-state index in [4.69, 9.17) is 4.42 Å². The number of hydrogen-bond donors (Lipinski definition) is 1. The Morgan fingerprint density at radius 1 is 1.67 bits per heavy atom. The van der Waals surface area contributed by atoms with Crippen LogP contribution in [-0.2, 0) is 12.8 Å². The number of hydrogen-bond acceptors (Lipinski definition) is 4. The van der Waals surface area contributed by atoms with Crippen molar-refractivity contribution < 1.29 is 4.42 Å². The molecule has 1 atom stereocenters. The standard InChI is InChI=1S/C11H18N2OS/c1-12-4-2-10-7-13-11(14-10)6-9-3-5-15-8-9/h7,9,12H,2-6,8H2,1H3. The molecule has 0 saturated carbocycles. The van der Waals surface area contributed by atoms with Crippen LogP contribution in [0, 0.1) is 5.92 Å². The molecule has 1 N–H and O–H groups in total. The summed E-state index contributed by atoms with van der Waals surface area (Å²) in [5.74, 6) is 5.29. The quantitative estimate of drug-likeness (QED) is 0.830. The van der Waals surface area contributed by atoms with Crippen LogP contribution < -0.4 is 5.32 Å². The van der Waals surface area contributed by atoms with Crippen LogP contribution in [0.1, 0.15) is 18.1 Å². The molecule has 15 heavy (non-hydrogen) atoms. The molecule has 1 aliphatic rings. The van der Waals surface area contributed by atoms with Gasteiger partial charge in [-0.1, -0.05) is 0 Å². The fraction of sp³-hybridized carbons (Fsp3) is 0.727. The highest BCUT2D eigenvalue weighted by Crippen LogP contribution is 2.26. The highest BCUT2D eigenvalue weighted by molar-refractivity contribution is 7.99. The number of likely N-dealkylation sites (N-methyl/N-ethyl adjacent to an activating group) is 1. The van der Waals surface area contributed by atoms with Crippen molar-refractivity contribution in [3.8, 4) is 0 Å². The van der Waals surface area contributed by atoms with Gasteiger partial charge in [-0.15, -0.1) is 0 Å². The molecule has 4 heteroatoms. The molecule has 1 aromatic rings.